The third-order valence-corrected chi connectivity index (χ3v) is 6.97. The molecule has 0 unspecified atom stereocenters. The molecule has 2 aliphatic rings. The molecule has 0 bridgehead atoms. The van der Waals surface area contributed by atoms with E-state index in [0.29, 0.717) is 11.8 Å². The summed E-state index contributed by atoms with van der Waals surface area (Å²) in [6, 6.07) is 12.7. The third-order valence-electron chi connectivity index (χ3n) is 6.03. The zero-order chi connectivity index (χ0) is 20.7. The second kappa shape index (κ2) is 7.95. The minimum Gasteiger partial charge on any atom is -0.341 e. The molecule has 0 radical (unpaired) electrons. The number of anilines is 1. The van der Waals surface area contributed by atoms with E-state index in [9.17, 15) is 4.79 Å². The van der Waals surface area contributed by atoms with Crippen molar-refractivity contribution in [2.75, 3.05) is 23.7 Å². The van der Waals surface area contributed by atoms with E-state index in [1.54, 1.807) is 0 Å². The van der Waals surface area contributed by atoms with Crippen LogP contribution in [0, 0.1) is 13.8 Å². The van der Waals surface area contributed by atoms with Crippen molar-refractivity contribution in [3.63, 3.8) is 0 Å². The number of nitrogens with zero attached hydrogens (tertiary/aromatic N) is 5. The number of aromatic nitrogens is 4. The summed E-state index contributed by atoms with van der Waals surface area (Å²) in [4.78, 5) is 15.4. The quantitative estimate of drug-likeness (QED) is 0.412. The van der Waals surface area contributed by atoms with Gasteiger partial charge in [-0.1, -0.05) is 30.0 Å². The fourth-order valence-electron chi connectivity index (χ4n) is 4.38. The second-order valence-electron chi connectivity index (χ2n) is 8.25. The van der Waals surface area contributed by atoms with Crippen molar-refractivity contribution in [2.45, 2.75) is 50.7 Å². The molecule has 1 aliphatic heterocycles. The van der Waals surface area contributed by atoms with Crippen LogP contribution in [0.15, 0.2) is 41.6 Å². The predicted molar refractivity (Wildman–Crippen MR) is 120 cm³/mol. The first kappa shape index (κ1) is 19.4. The van der Waals surface area contributed by atoms with Gasteiger partial charge in [-0.15, -0.1) is 10.2 Å². The number of thioether (sulfide) groups is 1. The maximum atomic E-state index is 13.1. The molecule has 30 heavy (non-hydrogen) atoms. The summed E-state index contributed by atoms with van der Waals surface area (Å²) in [5, 5.41) is 9.82. The lowest BCUT2D eigenvalue weighted by atomic mass is 10.2. The van der Waals surface area contributed by atoms with Crippen LogP contribution in [-0.2, 0) is 0 Å². The van der Waals surface area contributed by atoms with Crippen LogP contribution in [0.2, 0.25) is 0 Å². The smallest absolute Gasteiger partial charge is 0.228 e. The Bertz CT molecular complexity index is 1060. The van der Waals surface area contributed by atoms with Gasteiger partial charge in [0.1, 0.15) is 0 Å². The Labute approximate surface area is 181 Å². The van der Waals surface area contributed by atoms with Crippen LogP contribution in [0.4, 0.5) is 5.95 Å². The maximum absolute atomic E-state index is 13.1. The topological polar surface area (TPSA) is 56.0 Å². The van der Waals surface area contributed by atoms with Crippen LogP contribution in [-0.4, -0.2) is 44.0 Å². The molecular formula is C23H27N5OS. The zero-order valence-corrected chi connectivity index (χ0v) is 18.4. The summed E-state index contributed by atoms with van der Waals surface area (Å²) in [5.41, 5.74) is 3.94. The fourth-order valence-corrected chi connectivity index (χ4v) is 5.26. The standard InChI is InChI=1S/C23H27N5OS/c1-16-14-20(17(2)27(16)18-8-4-3-5-9-18)21(29)15-30-23-25-24-22(26-12-6-7-13-26)28(23)19-10-11-19/h3-5,8-9,14,19H,6-7,10-13,15H2,1-2H3. The van der Waals surface area contributed by atoms with E-state index >= 15 is 0 Å². The summed E-state index contributed by atoms with van der Waals surface area (Å²) < 4.78 is 4.42. The van der Waals surface area contributed by atoms with Crippen LogP contribution >= 0.6 is 11.8 Å². The predicted octanol–water partition coefficient (Wildman–Crippen LogP) is 4.60. The number of Topliss-reactive ketones (excluding diaryl/α,β-unsaturated/α-hetero) is 1. The number of benzene rings is 1. The molecule has 3 aromatic rings. The maximum Gasteiger partial charge on any atom is 0.228 e. The minimum atomic E-state index is 0.142. The lowest BCUT2D eigenvalue weighted by Gasteiger charge is -2.17. The van der Waals surface area contributed by atoms with Crippen molar-refractivity contribution < 1.29 is 4.79 Å². The average molecular weight is 422 g/mol. The number of ketones is 1. The van der Waals surface area contributed by atoms with E-state index in [0.717, 1.165) is 46.8 Å². The van der Waals surface area contributed by atoms with Crippen molar-refractivity contribution in [3.8, 4) is 5.69 Å². The Morgan fingerprint density at radius 2 is 1.83 bits per heavy atom. The first-order chi connectivity index (χ1) is 14.6. The lowest BCUT2D eigenvalue weighted by Crippen LogP contribution is -2.22. The van der Waals surface area contributed by atoms with Crippen molar-refractivity contribution in [1.29, 1.82) is 0 Å². The summed E-state index contributed by atoms with van der Waals surface area (Å²) in [6.07, 6.45) is 4.79. The fraction of sp³-hybridized carbons (Fsp3) is 0.435. The Morgan fingerprint density at radius 3 is 2.53 bits per heavy atom. The van der Waals surface area contributed by atoms with Crippen molar-refractivity contribution in [2.24, 2.45) is 0 Å². The molecule has 1 saturated heterocycles. The highest BCUT2D eigenvalue weighted by molar-refractivity contribution is 7.99. The first-order valence-corrected chi connectivity index (χ1v) is 11.7. The van der Waals surface area contributed by atoms with E-state index in [1.165, 1.54) is 37.4 Å². The summed E-state index contributed by atoms with van der Waals surface area (Å²) in [5.74, 6) is 1.51. The van der Waals surface area contributed by atoms with Gasteiger partial charge in [-0.3, -0.25) is 9.36 Å². The number of carbonyl (C=O) groups excluding carboxylic acids is 1. The molecule has 1 saturated carbocycles. The van der Waals surface area contributed by atoms with Crippen LogP contribution < -0.4 is 4.90 Å². The van der Waals surface area contributed by atoms with Crippen LogP contribution in [0.5, 0.6) is 0 Å². The molecule has 6 nitrogen and oxygen atoms in total. The average Bonchev–Trinajstić information content (AvgIpc) is 3.15. The zero-order valence-electron chi connectivity index (χ0n) is 17.5. The van der Waals surface area contributed by atoms with Gasteiger partial charge in [-0.25, -0.2) is 0 Å². The molecule has 5 rings (SSSR count). The second-order valence-corrected chi connectivity index (χ2v) is 9.19. The molecule has 1 aliphatic carbocycles. The Balaban J connectivity index is 1.35. The molecule has 0 amide bonds. The lowest BCUT2D eigenvalue weighted by molar-refractivity contribution is 0.102. The van der Waals surface area contributed by atoms with Gasteiger partial charge in [0, 0.05) is 41.8 Å². The molecule has 7 heteroatoms. The van der Waals surface area contributed by atoms with E-state index in [1.807, 2.05) is 31.2 Å². The molecule has 156 valence electrons. The Hall–Kier alpha value is -2.54. The summed E-state index contributed by atoms with van der Waals surface area (Å²) in [6.45, 7) is 6.19. The minimum absolute atomic E-state index is 0.142. The molecule has 0 N–H and O–H groups in total. The SMILES string of the molecule is Cc1cc(C(=O)CSc2nnc(N3CCCC3)n2C2CC2)c(C)n1-c1ccccc1. The highest BCUT2D eigenvalue weighted by atomic mass is 32.2. The van der Waals surface area contributed by atoms with E-state index in [2.05, 4.69) is 43.3 Å². The third kappa shape index (κ3) is 3.55. The molecule has 0 spiro atoms. The van der Waals surface area contributed by atoms with Gasteiger partial charge in [-0.2, -0.15) is 0 Å². The van der Waals surface area contributed by atoms with E-state index < -0.39 is 0 Å². The Kier molecular flexibility index (Phi) is 5.15. The van der Waals surface area contributed by atoms with Gasteiger partial charge in [-0.05, 0) is 57.7 Å². The van der Waals surface area contributed by atoms with Gasteiger partial charge in [0.25, 0.3) is 0 Å². The molecular weight excluding hydrogens is 394 g/mol. The van der Waals surface area contributed by atoms with E-state index in [-0.39, 0.29) is 5.78 Å². The largest absolute Gasteiger partial charge is 0.341 e. The molecule has 3 heterocycles. The number of para-hydroxylation sites is 1. The number of carbonyl (C=O) groups is 1. The first-order valence-electron chi connectivity index (χ1n) is 10.7. The highest BCUT2D eigenvalue weighted by Gasteiger charge is 2.32. The van der Waals surface area contributed by atoms with Gasteiger partial charge >= 0.3 is 0 Å². The van der Waals surface area contributed by atoms with Crippen molar-refractivity contribution in [3.05, 3.63) is 53.3 Å². The van der Waals surface area contributed by atoms with Gasteiger partial charge < -0.3 is 9.47 Å². The van der Waals surface area contributed by atoms with Gasteiger partial charge in [0.05, 0.1) is 5.75 Å². The summed E-state index contributed by atoms with van der Waals surface area (Å²) in [7, 11) is 0. The normalized spacial score (nSPS) is 16.4. The summed E-state index contributed by atoms with van der Waals surface area (Å²) >= 11 is 1.52. The van der Waals surface area contributed by atoms with Crippen molar-refractivity contribution in [1.82, 2.24) is 19.3 Å². The number of rotatable bonds is 7. The monoisotopic (exact) mass is 421 g/mol. The number of hydrogen-bond acceptors (Lipinski definition) is 5. The van der Waals surface area contributed by atoms with Gasteiger partial charge in [0.15, 0.2) is 10.9 Å². The van der Waals surface area contributed by atoms with E-state index in [4.69, 9.17) is 0 Å². The van der Waals surface area contributed by atoms with Crippen LogP contribution in [0.25, 0.3) is 5.69 Å². The van der Waals surface area contributed by atoms with Gasteiger partial charge in [0.2, 0.25) is 5.95 Å². The molecule has 0 atom stereocenters. The van der Waals surface area contributed by atoms with Crippen LogP contribution in [0.3, 0.4) is 0 Å². The highest BCUT2D eigenvalue weighted by Crippen LogP contribution is 2.41. The number of aryl methyl sites for hydroxylation is 1. The van der Waals surface area contributed by atoms with Crippen molar-refractivity contribution >= 4 is 23.5 Å². The molecule has 1 aromatic carbocycles. The molecule has 2 fully saturated rings. The number of hydrogen-bond donors (Lipinski definition) is 0. The Morgan fingerprint density at radius 1 is 1.10 bits per heavy atom. The molecule has 2 aromatic heterocycles. The van der Waals surface area contributed by atoms with Crippen LogP contribution in [0.1, 0.15) is 53.5 Å².